The number of rotatable bonds is 2. The van der Waals surface area contributed by atoms with Gasteiger partial charge in [0.15, 0.2) is 0 Å². The fraction of sp³-hybridized carbons (Fsp3) is 0.857. The number of carbonyl (C=O) groups excluding carboxylic acids is 2. The summed E-state index contributed by atoms with van der Waals surface area (Å²) >= 11 is 0. The number of ether oxygens (including phenoxy) is 2. The van der Waals surface area contributed by atoms with Gasteiger partial charge in [-0.25, -0.2) is 0 Å². The Balaban J connectivity index is 1.62. The molecule has 1 amide bonds. The summed E-state index contributed by atoms with van der Waals surface area (Å²) in [6.07, 6.45) is 4.38. The van der Waals surface area contributed by atoms with Gasteiger partial charge in [-0.15, -0.1) is 0 Å². The Labute approximate surface area is 113 Å². The first-order valence-electron chi connectivity index (χ1n) is 7.08. The van der Waals surface area contributed by atoms with Crippen molar-refractivity contribution in [3.05, 3.63) is 0 Å². The van der Waals surface area contributed by atoms with E-state index in [1.807, 2.05) is 4.90 Å². The monoisotopic (exact) mass is 267 g/mol. The lowest BCUT2D eigenvalue weighted by Crippen LogP contribution is -2.48. The average molecular weight is 267 g/mol. The van der Waals surface area contributed by atoms with Gasteiger partial charge in [0, 0.05) is 19.7 Å². The molecule has 3 fully saturated rings. The van der Waals surface area contributed by atoms with Crippen LogP contribution in [0, 0.1) is 10.8 Å². The summed E-state index contributed by atoms with van der Waals surface area (Å²) in [6.45, 7) is 3.18. The van der Waals surface area contributed by atoms with Gasteiger partial charge in [-0.2, -0.15) is 0 Å². The van der Waals surface area contributed by atoms with Crippen LogP contribution >= 0.6 is 0 Å². The van der Waals surface area contributed by atoms with Gasteiger partial charge in [0.1, 0.15) is 5.41 Å². The molecule has 0 aromatic rings. The van der Waals surface area contributed by atoms with Gasteiger partial charge in [0.2, 0.25) is 5.91 Å². The maximum atomic E-state index is 12.5. The molecule has 0 aromatic carbocycles. The molecule has 2 aliphatic heterocycles. The number of likely N-dealkylation sites (tertiary alicyclic amines) is 1. The van der Waals surface area contributed by atoms with Crippen molar-refractivity contribution >= 4 is 11.9 Å². The molecule has 0 radical (unpaired) electrons. The van der Waals surface area contributed by atoms with Crippen LogP contribution in [-0.2, 0) is 19.1 Å². The maximum absolute atomic E-state index is 12.5. The zero-order valence-electron chi connectivity index (χ0n) is 11.4. The lowest BCUT2D eigenvalue weighted by atomic mass is 9.77. The highest BCUT2D eigenvalue weighted by Gasteiger charge is 2.59. The van der Waals surface area contributed by atoms with Crippen molar-refractivity contribution in [2.24, 2.45) is 10.8 Å². The van der Waals surface area contributed by atoms with Crippen LogP contribution in [0.4, 0.5) is 0 Å². The number of piperidine rings is 1. The van der Waals surface area contributed by atoms with Crippen LogP contribution in [0.3, 0.4) is 0 Å². The van der Waals surface area contributed by atoms with Gasteiger partial charge in [-0.1, -0.05) is 0 Å². The molecule has 19 heavy (non-hydrogen) atoms. The summed E-state index contributed by atoms with van der Waals surface area (Å²) in [5, 5.41) is 0. The SMILES string of the molecule is COC(=O)C1(C(=O)N2CCC3(CCOC3)CC2)CC1. The topological polar surface area (TPSA) is 55.8 Å². The van der Waals surface area contributed by atoms with Crippen molar-refractivity contribution in [3.63, 3.8) is 0 Å². The first kappa shape index (κ1) is 12.9. The summed E-state index contributed by atoms with van der Waals surface area (Å²) < 4.78 is 10.3. The van der Waals surface area contributed by atoms with Crippen molar-refractivity contribution in [1.29, 1.82) is 0 Å². The van der Waals surface area contributed by atoms with Crippen LogP contribution in [0.2, 0.25) is 0 Å². The highest BCUT2D eigenvalue weighted by atomic mass is 16.5. The molecule has 106 valence electrons. The molecule has 5 nitrogen and oxygen atoms in total. The quantitative estimate of drug-likeness (QED) is 0.552. The third kappa shape index (κ3) is 2.04. The first-order valence-corrected chi connectivity index (χ1v) is 7.08. The third-order valence-corrected chi connectivity index (χ3v) is 5.03. The molecule has 0 atom stereocenters. The van der Waals surface area contributed by atoms with Crippen LogP contribution in [0.5, 0.6) is 0 Å². The Morgan fingerprint density at radius 2 is 1.79 bits per heavy atom. The highest BCUT2D eigenvalue weighted by Crippen LogP contribution is 2.49. The van der Waals surface area contributed by atoms with Gasteiger partial charge in [0.25, 0.3) is 0 Å². The first-order chi connectivity index (χ1) is 9.12. The molecular formula is C14H21NO4. The van der Waals surface area contributed by atoms with E-state index in [1.54, 1.807) is 0 Å². The van der Waals surface area contributed by atoms with E-state index in [-0.39, 0.29) is 11.9 Å². The Kier molecular flexibility index (Phi) is 3.04. The summed E-state index contributed by atoms with van der Waals surface area (Å²) in [5.41, 5.74) is -0.551. The number of carbonyl (C=O) groups is 2. The molecule has 0 aromatic heterocycles. The van der Waals surface area contributed by atoms with Crippen molar-refractivity contribution in [2.75, 3.05) is 33.4 Å². The van der Waals surface area contributed by atoms with E-state index < -0.39 is 5.41 Å². The van der Waals surface area contributed by atoms with Crippen LogP contribution in [0.15, 0.2) is 0 Å². The zero-order valence-corrected chi connectivity index (χ0v) is 11.4. The molecule has 3 aliphatic rings. The Hall–Kier alpha value is -1.10. The molecule has 1 aliphatic carbocycles. The van der Waals surface area contributed by atoms with E-state index in [1.165, 1.54) is 7.11 Å². The normalized spacial score (nSPS) is 27.3. The molecule has 2 heterocycles. The summed E-state index contributed by atoms with van der Waals surface area (Å²) in [6, 6.07) is 0. The number of methoxy groups -OCH3 is 1. The standard InChI is InChI=1S/C14H21NO4/c1-18-12(17)14(2-3-14)11(16)15-7-4-13(5-8-15)6-9-19-10-13/h2-10H2,1H3. The number of amides is 1. The largest absolute Gasteiger partial charge is 0.468 e. The zero-order chi connectivity index (χ0) is 13.5. The number of hydrogen-bond donors (Lipinski definition) is 0. The van der Waals surface area contributed by atoms with E-state index >= 15 is 0 Å². The second-order valence-electron chi connectivity index (χ2n) is 6.17. The second kappa shape index (κ2) is 4.47. The molecule has 0 unspecified atom stereocenters. The lowest BCUT2D eigenvalue weighted by Gasteiger charge is -2.39. The summed E-state index contributed by atoms with van der Waals surface area (Å²) in [7, 11) is 1.36. The highest BCUT2D eigenvalue weighted by molar-refractivity contribution is 6.05. The molecule has 0 bridgehead atoms. The predicted octanol–water partition coefficient (Wildman–Crippen LogP) is 0.969. The van der Waals surface area contributed by atoms with Gasteiger partial charge in [-0.05, 0) is 37.5 Å². The van der Waals surface area contributed by atoms with Gasteiger partial charge >= 0.3 is 5.97 Å². The minimum Gasteiger partial charge on any atom is -0.468 e. The Bertz CT molecular complexity index is 386. The average Bonchev–Trinajstić information content (AvgIpc) is 3.15. The Morgan fingerprint density at radius 1 is 1.11 bits per heavy atom. The summed E-state index contributed by atoms with van der Waals surface area (Å²) in [5.74, 6) is -0.380. The number of nitrogens with zero attached hydrogens (tertiary/aromatic N) is 1. The van der Waals surface area contributed by atoms with E-state index in [9.17, 15) is 9.59 Å². The fourth-order valence-electron chi connectivity index (χ4n) is 3.36. The molecule has 1 saturated carbocycles. The van der Waals surface area contributed by atoms with Crippen LogP contribution < -0.4 is 0 Å². The third-order valence-electron chi connectivity index (χ3n) is 5.03. The van der Waals surface area contributed by atoms with E-state index in [0.29, 0.717) is 18.3 Å². The van der Waals surface area contributed by atoms with Crippen molar-refractivity contribution in [2.45, 2.75) is 32.1 Å². The molecule has 3 rings (SSSR count). The van der Waals surface area contributed by atoms with Crippen LogP contribution in [-0.4, -0.2) is 50.2 Å². The fourth-order valence-corrected chi connectivity index (χ4v) is 3.36. The summed E-state index contributed by atoms with van der Waals surface area (Å²) in [4.78, 5) is 26.1. The van der Waals surface area contributed by atoms with Crippen molar-refractivity contribution < 1.29 is 19.1 Å². The Morgan fingerprint density at radius 3 is 2.26 bits per heavy atom. The molecule has 5 heteroatoms. The van der Waals surface area contributed by atoms with E-state index in [4.69, 9.17) is 9.47 Å². The van der Waals surface area contributed by atoms with Gasteiger partial charge < -0.3 is 14.4 Å². The predicted molar refractivity (Wildman–Crippen MR) is 67.4 cm³/mol. The van der Waals surface area contributed by atoms with Gasteiger partial charge in [-0.3, -0.25) is 9.59 Å². The smallest absolute Gasteiger partial charge is 0.321 e. The molecule has 1 spiro atoms. The van der Waals surface area contributed by atoms with E-state index in [0.717, 1.165) is 45.6 Å². The minimum atomic E-state index is -0.842. The molecule has 2 saturated heterocycles. The van der Waals surface area contributed by atoms with Crippen molar-refractivity contribution in [3.8, 4) is 0 Å². The second-order valence-corrected chi connectivity index (χ2v) is 6.17. The minimum absolute atomic E-state index is 0.0203. The maximum Gasteiger partial charge on any atom is 0.321 e. The number of esters is 1. The molecule has 0 N–H and O–H groups in total. The van der Waals surface area contributed by atoms with Crippen molar-refractivity contribution in [1.82, 2.24) is 4.90 Å². The van der Waals surface area contributed by atoms with Crippen LogP contribution in [0.25, 0.3) is 0 Å². The van der Waals surface area contributed by atoms with E-state index in [2.05, 4.69) is 0 Å². The van der Waals surface area contributed by atoms with Crippen LogP contribution in [0.1, 0.15) is 32.1 Å². The molecular weight excluding hydrogens is 246 g/mol. The van der Waals surface area contributed by atoms with Gasteiger partial charge in [0.05, 0.1) is 13.7 Å². The number of hydrogen-bond acceptors (Lipinski definition) is 4. The lowest BCUT2D eigenvalue weighted by molar-refractivity contribution is -0.157.